The number of aromatic nitrogens is 1. The van der Waals surface area contributed by atoms with E-state index < -0.39 is 0 Å². The van der Waals surface area contributed by atoms with Crippen molar-refractivity contribution in [1.82, 2.24) is 4.98 Å². The van der Waals surface area contributed by atoms with Crippen LogP contribution < -0.4 is 15.2 Å². The quantitative estimate of drug-likeness (QED) is 0.127. The van der Waals surface area contributed by atoms with Gasteiger partial charge in [0.1, 0.15) is 5.75 Å². The van der Waals surface area contributed by atoms with Gasteiger partial charge in [0.25, 0.3) is 0 Å². The highest BCUT2D eigenvalue weighted by Crippen LogP contribution is 2.37. The van der Waals surface area contributed by atoms with E-state index >= 15 is 0 Å². The number of H-pyrrole nitrogens is 1. The molecule has 0 spiro atoms. The number of benzene rings is 2. The minimum Gasteiger partial charge on any atom is -0.494 e. The molecule has 0 atom stereocenters. The average Bonchev–Trinajstić information content (AvgIpc) is 3.50. The Hall–Kier alpha value is -3.36. The Kier molecular flexibility index (Phi) is 8.54. The number of ether oxygens (including phenoxy) is 2. The van der Waals surface area contributed by atoms with E-state index in [0.717, 1.165) is 92.4 Å². The maximum Gasteiger partial charge on any atom is 0.316 e. The van der Waals surface area contributed by atoms with Crippen molar-refractivity contribution >= 4 is 44.0 Å². The number of rotatable bonds is 10. The molecule has 3 heterocycles. The van der Waals surface area contributed by atoms with Crippen LogP contribution in [0.2, 0.25) is 0 Å². The minimum absolute atomic E-state index is 0.0113. The summed E-state index contributed by atoms with van der Waals surface area (Å²) in [6.45, 7) is 7.88. The molecule has 2 aromatic carbocycles. The van der Waals surface area contributed by atoms with Gasteiger partial charge in [-0.25, -0.2) is 0 Å². The molecule has 2 aliphatic rings. The highest BCUT2D eigenvalue weighted by molar-refractivity contribution is 7.17. The van der Waals surface area contributed by atoms with Crippen LogP contribution in [-0.4, -0.2) is 61.5 Å². The molecule has 2 aromatic heterocycles. The highest BCUT2D eigenvalue weighted by Gasteiger charge is 2.39. The Bertz CT molecular complexity index is 1580. The van der Waals surface area contributed by atoms with E-state index in [-0.39, 0.29) is 16.9 Å². The zero-order valence-electron chi connectivity index (χ0n) is 24.6. The standard InChI is InChI=1S/C34H41N3O4S/c1-34(15-3-2-4-16-34)33(39)41-25-37(20-17-36(18-21-37)30-8-7-9-31-28(30)14-23-42-31)19-5-6-22-40-27-12-10-26-11-13-32(38)35-29(26)24-27/h7-14,23-24H,2-6,15-22,25H2,1H3/p+1. The van der Waals surface area contributed by atoms with Gasteiger partial charge in [-0.1, -0.05) is 25.3 Å². The van der Waals surface area contributed by atoms with Crippen LogP contribution in [0.3, 0.4) is 0 Å². The number of carbonyl (C=O) groups excluding carboxylic acids is 1. The van der Waals surface area contributed by atoms with E-state index in [9.17, 15) is 9.59 Å². The van der Waals surface area contributed by atoms with Gasteiger partial charge in [-0.3, -0.25) is 14.1 Å². The normalized spacial score (nSPS) is 18.3. The van der Waals surface area contributed by atoms with Crippen molar-refractivity contribution in [1.29, 1.82) is 0 Å². The lowest BCUT2D eigenvalue weighted by Gasteiger charge is -2.45. The number of anilines is 1. The van der Waals surface area contributed by atoms with Crippen LogP contribution in [0, 0.1) is 5.41 Å². The average molecular weight is 589 g/mol. The van der Waals surface area contributed by atoms with E-state index in [1.807, 2.05) is 24.3 Å². The lowest BCUT2D eigenvalue weighted by molar-refractivity contribution is -0.944. The molecule has 1 N–H and O–H groups in total. The fraction of sp³-hybridized carbons (Fsp3) is 0.471. The lowest BCUT2D eigenvalue weighted by atomic mass is 9.76. The number of unbranched alkanes of at least 4 members (excludes halogenated alkanes) is 1. The zero-order valence-corrected chi connectivity index (χ0v) is 25.4. The van der Waals surface area contributed by atoms with Gasteiger partial charge in [0.2, 0.25) is 12.3 Å². The summed E-state index contributed by atoms with van der Waals surface area (Å²) in [5, 5.41) is 4.48. The van der Waals surface area contributed by atoms with Crippen LogP contribution in [0.5, 0.6) is 5.75 Å². The largest absolute Gasteiger partial charge is 0.494 e. The Morgan fingerprint density at radius 2 is 1.83 bits per heavy atom. The first-order chi connectivity index (χ1) is 20.4. The number of hydrogen-bond acceptors (Lipinski definition) is 6. The van der Waals surface area contributed by atoms with Gasteiger partial charge in [0, 0.05) is 27.9 Å². The van der Waals surface area contributed by atoms with E-state index in [1.165, 1.54) is 28.3 Å². The number of nitrogens with one attached hydrogen (secondary N) is 1. The first kappa shape index (κ1) is 28.7. The molecule has 1 saturated carbocycles. The van der Waals surface area contributed by atoms with Gasteiger partial charge >= 0.3 is 5.97 Å². The first-order valence-electron chi connectivity index (χ1n) is 15.4. The lowest BCUT2D eigenvalue weighted by Crippen LogP contribution is -2.61. The van der Waals surface area contributed by atoms with Gasteiger partial charge in [0.05, 0.1) is 50.3 Å². The summed E-state index contributed by atoms with van der Waals surface area (Å²) in [6.07, 6.45) is 7.21. The Morgan fingerprint density at radius 3 is 2.67 bits per heavy atom. The summed E-state index contributed by atoms with van der Waals surface area (Å²) in [5.41, 5.74) is 1.65. The first-order valence-corrected chi connectivity index (χ1v) is 16.3. The van der Waals surface area contributed by atoms with Crippen LogP contribution in [0.1, 0.15) is 51.9 Å². The number of carbonyl (C=O) groups is 1. The summed E-state index contributed by atoms with van der Waals surface area (Å²) < 4.78 is 14.3. The number of aromatic amines is 1. The number of thiophene rings is 1. The van der Waals surface area contributed by atoms with Crippen molar-refractivity contribution in [2.24, 2.45) is 5.41 Å². The SMILES string of the molecule is CC1(C(=O)OC[N+]2(CCCCOc3ccc4ccc(=O)[nH]c4c3)CCN(c3cccc4sccc34)CC2)CCCCC1. The molecule has 222 valence electrons. The Balaban J connectivity index is 1.08. The van der Waals surface area contributed by atoms with Crippen LogP contribution in [-0.2, 0) is 9.53 Å². The number of fused-ring (bicyclic) bond motifs is 2. The van der Waals surface area contributed by atoms with E-state index in [1.54, 1.807) is 11.3 Å². The summed E-state index contributed by atoms with van der Waals surface area (Å²) in [4.78, 5) is 30.3. The molecule has 1 aliphatic carbocycles. The number of nitrogens with zero attached hydrogens (tertiary/aromatic N) is 2. The smallest absolute Gasteiger partial charge is 0.316 e. The summed E-state index contributed by atoms with van der Waals surface area (Å²) in [6, 6.07) is 18.0. The van der Waals surface area contributed by atoms with Crippen molar-refractivity contribution < 1.29 is 18.8 Å². The van der Waals surface area contributed by atoms with Gasteiger partial charge in [-0.2, -0.15) is 0 Å². The molecule has 42 heavy (non-hydrogen) atoms. The molecule has 1 saturated heterocycles. The second-order valence-corrected chi connectivity index (χ2v) is 13.4. The summed E-state index contributed by atoms with van der Waals surface area (Å²) >= 11 is 1.79. The fourth-order valence-corrected chi connectivity index (χ4v) is 7.47. The van der Waals surface area contributed by atoms with Gasteiger partial charge in [-0.15, -0.1) is 11.3 Å². The second-order valence-electron chi connectivity index (χ2n) is 12.4. The molecule has 4 aromatic rings. The third kappa shape index (κ3) is 6.35. The van der Waals surface area contributed by atoms with Gasteiger partial charge < -0.3 is 19.4 Å². The monoisotopic (exact) mass is 588 g/mol. The van der Waals surface area contributed by atoms with E-state index in [2.05, 4.69) is 46.5 Å². The third-order valence-electron chi connectivity index (χ3n) is 9.41. The Morgan fingerprint density at radius 1 is 1.02 bits per heavy atom. The molecule has 0 amide bonds. The number of hydrogen-bond donors (Lipinski definition) is 1. The Labute approximate surface area is 251 Å². The van der Waals surface area contributed by atoms with Crippen molar-refractivity contribution in [3.05, 3.63) is 70.3 Å². The van der Waals surface area contributed by atoms with Crippen molar-refractivity contribution in [3.8, 4) is 5.75 Å². The van der Waals surface area contributed by atoms with E-state index in [4.69, 9.17) is 9.47 Å². The van der Waals surface area contributed by atoms with Gasteiger partial charge in [-0.05, 0) is 79.8 Å². The fourth-order valence-electron chi connectivity index (χ4n) is 6.67. The number of quaternary nitrogens is 1. The van der Waals surface area contributed by atoms with Crippen molar-refractivity contribution in [3.63, 3.8) is 0 Å². The maximum absolute atomic E-state index is 13.3. The van der Waals surface area contributed by atoms with Crippen LogP contribution in [0.15, 0.2) is 64.8 Å². The van der Waals surface area contributed by atoms with Crippen LogP contribution in [0.25, 0.3) is 21.0 Å². The number of esters is 1. The molecular formula is C34H42N3O4S+. The van der Waals surface area contributed by atoms with Crippen molar-refractivity contribution in [2.45, 2.75) is 51.9 Å². The van der Waals surface area contributed by atoms with Crippen LogP contribution >= 0.6 is 11.3 Å². The highest BCUT2D eigenvalue weighted by atomic mass is 32.1. The molecule has 0 radical (unpaired) electrons. The second kappa shape index (κ2) is 12.5. The molecule has 6 rings (SSSR count). The maximum atomic E-state index is 13.3. The summed E-state index contributed by atoms with van der Waals surface area (Å²) in [5.74, 6) is 0.752. The molecule has 8 heteroatoms. The predicted octanol–water partition coefficient (Wildman–Crippen LogP) is 6.71. The topological polar surface area (TPSA) is 71.6 Å². The molecule has 0 bridgehead atoms. The third-order valence-corrected chi connectivity index (χ3v) is 10.3. The van der Waals surface area contributed by atoms with E-state index in [0.29, 0.717) is 13.3 Å². The molecule has 0 unspecified atom stereocenters. The zero-order chi connectivity index (χ0) is 29.0. The van der Waals surface area contributed by atoms with Crippen LogP contribution in [0.4, 0.5) is 5.69 Å². The molecule has 7 nitrogen and oxygen atoms in total. The van der Waals surface area contributed by atoms with Gasteiger partial charge in [0.15, 0.2) is 0 Å². The summed E-state index contributed by atoms with van der Waals surface area (Å²) in [7, 11) is 0. The number of piperazine rings is 1. The number of pyridine rings is 1. The minimum atomic E-state index is -0.337. The predicted molar refractivity (Wildman–Crippen MR) is 170 cm³/mol. The van der Waals surface area contributed by atoms with Crippen molar-refractivity contribution in [2.75, 3.05) is 51.0 Å². The molecule has 2 fully saturated rings. The molecular weight excluding hydrogens is 546 g/mol. The molecule has 1 aliphatic heterocycles.